The first kappa shape index (κ1) is 51.8. The van der Waals surface area contributed by atoms with Crippen molar-refractivity contribution in [2.75, 3.05) is 55.2 Å². The van der Waals surface area contributed by atoms with Gasteiger partial charge in [-0.2, -0.15) is 36.5 Å². The van der Waals surface area contributed by atoms with Crippen LogP contribution < -0.4 is 46.1 Å². The molecule has 3 amide bonds. The summed E-state index contributed by atoms with van der Waals surface area (Å²) in [6.07, 6.45) is -6.94. The lowest BCUT2D eigenvalue weighted by molar-refractivity contribution is -0.145. The third-order valence-corrected chi connectivity index (χ3v) is 11.0. The maximum absolute atomic E-state index is 14.0. The lowest BCUT2D eigenvalue weighted by Gasteiger charge is -2.27. The highest BCUT2D eigenvalue weighted by Crippen LogP contribution is 2.35. The third-order valence-electron chi connectivity index (χ3n) is 10.3. The molecule has 376 valence electrons. The number of anilines is 3. The number of halogens is 9. The molecule has 3 aromatic heterocycles. The minimum Gasteiger partial charge on any atom is -0.488 e. The topological polar surface area (TPSA) is 234 Å². The second-order valence-electron chi connectivity index (χ2n) is 15.5. The van der Waals surface area contributed by atoms with Gasteiger partial charge in [0.1, 0.15) is 46.4 Å². The molecule has 3 aliphatic rings. The number of nitrogens with one attached hydrogen (secondary N) is 8. The molecule has 3 saturated heterocycles. The number of ether oxygens (including phenoxy) is 3. The van der Waals surface area contributed by atoms with Crippen LogP contribution in [0.25, 0.3) is 0 Å². The van der Waals surface area contributed by atoms with Crippen molar-refractivity contribution in [3.63, 3.8) is 0 Å². The molecule has 0 aliphatic carbocycles. The molecule has 3 aromatic carbocycles. The quantitative estimate of drug-likeness (QED) is 0.0538. The molecule has 8 N–H and O–H groups in total. The predicted molar refractivity (Wildman–Crippen MR) is 244 cm³/mol. The SMILES string of the molecule is CCc1[nH]nc(C(=O)Nc2ccc(OC3CNC3)cc2)c1Cl.O=C(Nc1ccc(OC2CNC2)cc1)c1n[nH]c(C(F)(F)F)c1Cl.O=C(Nc1ccc(OC2CNC2)cc1F)c1cnc(C(F)(F)F)nc1. The number of rotatable bonds is 13. The van der Waals surface area contributed by atoms with E-state index in [-0.39, 0.29) is 41.2 Å². The van der Waals surface area contributed by atoms with Crippen molar-refractivity contribution < 1.29 is 59.3 Å². The van der Waals surface area contributed by atoms with Gasteiger partial charge in [-0.05, 0) is 67.1 Å². The number of aromatic amines is 2. The van der Waals surface area contributed by atoms with Gasteiger partial charge in [-0.25, -0.2) is 14.4 Å². The Morgan fingerprint density at radius 2 is 1.07 bits per heavy atom. The number of aromatic nitrogens is 6. The third kappa shape index (κ3) is 13.8. The Labute approximate surface area is 408 Å². The largest absolute Gasteiger partial charge is 0.488 e. The Kier molecular flexibility index (Phi) is 16.6. The van der Waals surface area contributed by atoms with Crippen LogP contribution >= 0.6 is 23.2 Å². The Hall–Kier alpha value is -7.06. The average molecular weight is 1040 g/mol. The number of H-pyrrole nitrogens is 2. The Morgan fingerprint density at radius 3 is 1.46 bits per heavy atom. The van der Waals surface area contributed by atoms with Gasteiger partial charge in [0, 0.05) is 69.1 Å². The predicted octanol–water partition coefficient (Wildman–Crippen LogP) is 7.15. The van der Waals surface area contributed by atoms with E-state index in [1.165, 1.54) is 12.1 Å². The van der Waals surface area contributed by atoms with Gasteiger partial charge in [-0.3, -0.25) is 24.6 Å². The van der Waals surface area contributed by atoms with Gasteiger partial charge in [0.2, 0.25) is 5.82 Å². The zero-order valence-electron chi connectivity index (χ0n) is 36.8. The molecule has 0 atom stereocenters. The summed E-state index contributed by atoms with van der Waals surface area (Å²) in [7, 11) is 0. The second kappa shape index (κ2) is 22.8. The number of nitrogens with zero attached hydrogens (tertiary/aromatic N) is 4. The van der Waals surface area contributed by atoms with Crippen LogP contribution in [0.2, 0.25) is 10.0 Å². The van der Waals surface area contributed by atoms with E-state index < -0.39 is 52.2 Å². The Balaban J connectivity index is 0.000000157. The number of carbonyl (C=O) groups excluding carboxylic acids is 3. The number of alkyl halides is 6. The lowest BCUT2D eigenvalue weighted by Crippen LogP contribution is -2.50. The summed E-state index contributed by atoms with van der Waals surface area (Å²) in [5, 5.41) is 28.1. The molecular formula is C44H41Cl2F7N12O6. The van der Waals surface area contributed by atoms with Crippen molar-refractivity contribution in [1.82, 2.24) is 46.3 Å². The van der Waals surface area contributed by atoms with E-state index >= 15 is 0 Å². The molecule has 3 fully saturated rings. The van der Waals surface area contributed by atoms with Crippen LogP contribution in [0.15, 0.2) is 79.1 Å². The number of aryl methyl sites for hydroxylation is 1. The van der Waals surface area contributed by atoms with Crippen molar-refractivity contribution in [1.29, 1.82) is 0 Å². The van der Waals surface area contributed by atoms with Gasteiger partial charge in [0.15, 0.2) is 17.1 Å². The molecule has 0 spiro atoms. The van der Waals surface area contributed by atoms with Crippen molar-refractivity contribution in [2.24, 2.45) is 0 Å². The smallest absolute Gasteiger partial charge is 0.451 e. The fourth-order valence-electron chi connectivity index (χ4n) is 6.10. The number of hydrogen-bond acceptors (Lipinski definition) is 13. The van der Waals surface area contributed by atoms with Crippen LogP contribution in [0.3, 0.4) is 0 Å². The highest BCUT2D eigenvalue weighted by Gasteiger charge is 2.38. The maximum Gasteiger partial charge on any atom is 0.451 e. The van der Waals surface area contributed by atoms with E-state index in [2.05, 4.69) is 57.2 Å². The first-order valence-corrected chi connectivity index (χ1v) is 22.1. The highest BCUT2D eigenvalue weighted by atomic mass is 35.5. The van der Waals surface area contributed by atoms with E-state index in [1.54, 1.807) is 41.5 Å². The van der Waals surface area contributed by atoms with Gasteiger partial charge in [0.25, 0.3) is 17.7 Å². The van der Waals surface area contributed by atoms with Gasteiger partial charge in [-0.1, -0.05) is 30.1 Å². The van der Waals surface area contributed by atoms with Gasteiger partial charge in [-0.15, -0.1) is 0 Å². The number of benzene rings is 3. The van der Waals surface area contributed by atoms with Crippen LogP contribution in [-0.2, 0) is 18.8 Å². The van der Waals surface area contributed by atoms with Gasteiger partial charge < -0.3 is 46.1 Å². The van der Waals surface area contributed by atoms with Crippen molar-refractivity contribution >= 4 is 58.0 Å². The summed E-state index contributed by atoms with van der Waals surface area (Å²) in [5.41, 5.74) is -0.133. The molecule has 6 aromatic rings. The molecular weight excluding hydrogens is 996 g/mol. The maximum atomic E-state index is 14.0. The van der Waals surface area contributed by atoms with Crippen LogP contribution in [0, 0.1) is 5.82 Å². The number of carbonyl (C=O) groups is 3. The zero-order chi connectivity index (χ0) is 50.9. The summed E-state index contributed by atoms with van der Waals surface area (Å²) in [5.74, 6) is -2.36. The molecule has 0 bridgehead atoms. The molecule has 27 heteroatoms. The van der Waals surface area contributed by atoms with E-state index in [1.807, 2.05) is 19.1 Å². The molecule has 71 heavy (non-hydrogen) atoms. The van der Waals surface area contributed by atoms with E-state index in [0.717, 1.165) is 56.1 Å². The van der Waals surface area contributed by atoms with E-state index in [0.29, 0.717) is 47.4 Å². The fourth-order valence-corrected chi connectivity index (χ4v) is 6.68. The van der Waals surface area contributed by atoms with E-state index in [9.17, 15) is 45.1 Å². The van der Waals surface area contributed by atoms with Gasteiger partial charge >= 0.3 is 12.4 Å². The van der Waals surface area contributed by atoms with Crippen LogP contribution in [-0.4, -0.2) is 106 Å². The van der Waals surface area contributed by atoms with Crippen molar-refractivity contribution in [3.05, 3.63) is 129 Å². The molecule has 0 saturated carbocycles. The summed E-state index contributed by atoms with van der Waals surface area (Å²) in [6, 6.07) is 17.6. The number of amides is 3. The fraction of sp³-hybridized carbons (Fsp3) is 0.295. The first-order chi connectivity index (χ1) is 33.8. The Morgan fingerprint density at radius 1 is 0.620 bits per heavy atom. The molecule has 9 rings (SSSR count). The molecule has 6 heterocycles. The second-order valence-corrected chi connectivity index (χ2v) is 16.3. The minimum absolute atomic E-state index is 0.0239. The monoisotopic (exact) mass is 1040 g/mol. The van der Waals surface area contributed by atoms with Crippen LogP contribution in [0.4, 0.5) is 47.8 Å². The van der Waals surface area contributed by atoms with Crippen molar-refractivity contribution in [3.8, 4) is 17.2 Å². The molecule has 18 nitrogen and oxygen atoms in total. The zero-order valence-corrected chi connectivity index (χ0v) is 38.3. The highest BCUT2D eigenvalue weighted by molar-refractivity contribution is 6.35. The number of hydrogen-bond donors (Lipinski definition) is 8. The Bertz CT molecular complexity index is 2790. The minimum atomic E-state index is -4.71. The summed E-state index contributed by atoms with van der Waals surface area (Å²) in [4.78, 5) is 42.3. The summed E-state index contributed by atoms with van der Waals surface area (Å²) >= 11 is 11.7. The van der Waals surface area contributed by atoms with Crippen LogP contribution in [0.1, 0.15) is 55.5 Å². The lowest BCUT2D eigenvalue weighted by atomic mass is 10.2. The van der Waals surface area contributed by atoms with Gasteiger partial charge in [0.05, 0.1) is 22.0 Å². The summed E-state index contributed by atoms with van der Waals surface area (Å²) < 4.78 is 106. The van der Waals surface area contributed by atoms with E-state index in [4.69, 9.17) is 37.4 Å². The first-order valence-electron chi connectivity index (χ1n) is 21.3. The molecule has 0 radical (unpaired) electrons. The summed E-state index contributed by atoms with van der Waals surface area (Å²) in [6.45, 7) is 6.58. The molecule has 3 aliphatic heterocycles. The van der Waals surface area contributed by atoms with Crippen molar-refractivity contribution in [2.45, 2.75) is 44.0 Å². The average Bonchev–Trinajstić information content (AvgIpc) is 3.88. The normalized spacial score (nSPS) is 14.7. The molecule has 0 unspecified atom stereocenters. The van der Waals surface area contributed by atoms with Crippen LogP contribution in [0.5, 0.6) is 17.2 Å². The standard InChI is InChI=1S/C15H17ClN4O2.C15H12F4N4O2.C14H12ClF3N4O2/c1-2-12-13(16)14(20-19-12)15(21)18-9-3-5-10(6-4-9)22-11-7-17-8-11;16-11-3-9(25-10-6-20-7-10)1-2-12(11)23-13(24)8-4-21-14(22-5-8)15(17,18)19;15-10-11(21-22-12(10)14(16,17)18)13(23)20-7-1-3-8(4-2-7)24-9-5-19-6-9/h3-6,11,17H,2,7-8H2,1H3,(H,18,21)(H,19,20);1-5,10,20H,6-7H2,(H,23,24);1-4,9,19H,5-6H2,(H,20,23)(H,21,22).